The molecule has 1 unspecified atom stereocenters. The smallest absolute Gasteiger partial charge is 0.0865 e. The van der Waals surface area contributed by atoms with Crippen LogP contribution in [0, 0.1) is 13.8 Å². The number of aliphatic hydroxyl groups is 1. The largest absolute Gasteiger partial charge is 0.394 e. The van der Waals surface area contributed by atoms with Gasteiger partial charge in [-0.25, -0.2) is 0 Å². The van der Waals surface area contributed by atoms with Gasteiger partial charge in [0.15, 0.2) is 0 Å². The zero-order valence-corrected chi connectivity index (χ0v) is 12.8. The quantitative estimate of drug-likeness (QED) is 0.889. The van der Waals surface area contributed by atoms with E-state index in [0.717, 1.165) is 17.0 Å². The predicted octanol–water partition coefficient (Wildman–Crippen LogP) is 2.26. The van der Waals surface area contributed by atoms with Crippen molar-refractivity contribution in [3.05, 3.63) is 52.3 Å². The summed E-state index contributed by atoms with van der Waals surface area (Å²) >= 11 is 6.19. The van der Waals surface area contributed by atoms with Crippen molar-refractivity contribution in [2.24, 2.45) is 0 Å². The first-order valence-electron chi connectivity index (χ1n) is 6.59. The zero-order chi connectivity index (χ0) is 14.8. The lowest BCUT2D eigenvalue weighted by Gasteiger charge is -2.32. The molecule has 0 saturated carbocycles. The fourth-order valence-corrected chi connectivity index (χ4v) is 2.51. The van der Waals surface area contributed by atoms with Crippen LogP contribution in [-0.2, 0) is 12.1 Å². The van der Waals surface area contributed by atoms with Gasteiger partial charge in [0.25, 0.3) is 0 Å². The van der Waals surface area contributed by atoms with Crippen LogP contribution in [0.3, 0.4) is 0 Å². The summed E-state index contributed by atoms with van der Waals surface area (Å²) in [5.74, 6) is 0. The normalized spacial score (nSPS) is 14.2. The predicted molar refractivity (Wildman–Crippen MR) is 81.0 cm³/mol. The molecule has 0 spiro atoms. The van der Waals surface area contributed by atoms with Crippen molar-refractivity contribution in [1.82, 2.24) is 15.1 Å². The summed E-state index contributed by atoms with van der Waals surface area (Å²) in [5.41, 5.74) is 2.16. The number of rotatable bonds is 5. The Morgan fingerprint density at radius 1 is 1.30 bits per heavy atom. The van der Waals surface area contributed by atoms with Crippen molar-refractivity contribution in [3.63, 3.8) is 0 Å². The molecule has 1 aromatic carbocycles. The Bertz CT molecular complexity index is 576. The van der Waals surface area contributed by atoms with E-state index in [-0.39, 0.29) is 6.61 Å². The second kappa shape index (κ2) is 5.95. The Morgan fingerprint density at radius 2 is 1.95 bits per heavy atom. The monoisotopic (exact) mass is 293 g/mol. The highest BCUT2D eigenvalue weighted by Gasteiger charge is 2.31. The summed E-state index contributed by atoms with van der Waals surface area (Å²) < 4.78 is 1.84. The second-order valence-corrected chi connectivity index (χ2v) is 5.38. The first-order chi connectivity index (χ1) is 9.54. The Kier molecular flexibility index (Phi) is 4.48. The van der Waals surface area contributed by atoms with E-state index in [1.54, 1.807) is 0 Å². The summed E-state index contributed by atoms with van der Waals surface area (Å²) in [7, 11) is 1.84. The van der Waals surface area contributed by atoms with Gasteiger partial charge in [0.1, 0.15) is 0 Å². The lowest BCUT2D eigenvalue weighted by Crippen LogP contribution is -2.47. The summed E-state index contributed by atoms with van der Waals surface area (Å²) in [5, 5.41) is 18.3. The minimum absolute atomic E-state index is 0.0243. The van der Waals surface area contributed by atoms with Crippen molar-refractivity contribution in [2.45, 2.75) is 25.9 Å². The van der Waals surface area contributed by atoms with Crippen LogP contribution in [0.15, 0.2) is 30.3 Å². The molecule has 0 saturated heterocycles. The van der Waals surface area contributed by atoms with E-state index in [2.05, 4.69) is 10.4 Å². The molecule has 2 rings (SSSR count). The Balaban J connectivity index is 2.42. The third-order valence-electron chi connectivity index (χ3n) is 3.79. The molecule has 2 aromatic rings. The third-order valence-corrected chi connectivity index (χ3v) is 4.33. The van der Waals surface area contributed by atoms with E-state index in [1.807, 2.05) is 55.9 Å². The lowest BCUT2D eigenvalue weighted by atomic mass is 9.90. The summed E-state index contributed by atoms with van der Waals surface area (Å²) in [6.07, 6.45) is 0. The van der Waals surface area contributed by atoms with E-state index in [0.29, 0.717) is 11.6 Å². The van der Waals surface area contributed by atoms with Crippen molar-refractivity contribution < 1.29 is 5.11 Å². The average Bonchev–Trinajstić information content (AvgIpc) is 2.73. The number of hydrogen-bond donors (Lipinski definition) is 2. The van der Waals surface area contributed by atoms with Crippen LogP contribution in [0.5, 0.6) is 0 Å². The molecule has 0 fully saturated rings. The Labute approximate surface area is 124 Å². The van der Waals surface area contributed by atoms with Gasteiger partial charge < -0.3 is 10.4 Å². The molecule has 4 nitrogen and oxygen atoms in total. The number of likely N-dealkylation sites (N-methyl/N-ethyl adjacent to an activating group) is 1. The molecule has 5 heteroatoms. The van der Waals surface area contributed by atoms with Gasteiger partial charge in [0, 0.05) is 0 Å². The lowest BCUT2D eigenvalue weighted by molar-refractivity contribution is 0.145. The first-order valence-corrected chi connectivity index (χ1v) is 6.96. The number of benzene rings is 1. The molecule has 2 N–H and O–H groups in total. The van der Waals surface area contributed by atoms with Gasteiger partial charge in [-0.2, -0.15) is 5.10 Å². The van der Waals surface area contributed by atoms with Crippen LogP contribution < -0.4 is 5.32 Å². The van der Waals surface area contributed by atoms with Crippen LogP contribution in [0.4, 0.5) is 0 Å². The van der Waals surface area contributed by atoms with Gasteiger partial charge in [-0.3, -0.25) is 4.68 Å². The van der Waals surface area contributed by atoms with Gasteiger partial charge in [-0.1, -0.05) is 41.9 Å². The minimum atomic E-state index is -0.576. The molecule has 108 valence electrons. The number of aryl methyl sites for hydroxylation is 1. The molecule has 1 heterocycles. The highest BCUT2D eigenvalue weighted by atomic mass is 35.5. The van der Waals surface area contributed by atoms with E-state index < -0.39 is 5.54 Å². The van der Waals surface area contributed by atoms with Crippen molar-refractivity contribution in [2.75, 3.05) is 13.7 Å². The number of nitrogens with one attached hydrogen (secondary N) is 1. The second-order valence-electron chi connectivity index (χ2n) is 5.00. The fourth-order valence-electron chi connectivity index (χ4n) is 2.38. The van der Waals surface area contributed by atoms with Crippen LogP contribution in [0.25, 0.3) is 0 Å². The van der Waals surface area contributed by atoms with Crippen LogP contribution in [-0.4, -0.2) is 28.5 Å². The molecule has 0 bridgehead atoms. The molecule has 0 aliphatic heterocycles. The standard InChI is InChI=1S/C15H20ClN3O/c1-11-14(16)12(2)19(18-11)9-15(10-20,17-3)13-7-5-4-6-8-13/h4-8,17,20H,9-10H2,1-3H3. The average molecular weight is 294 g/mol. The zero-order valence-electron chi connectivity index (χ0n) is 12.0. The van der Waals surface area contributed by atoms with Gasteiger partial charge in [-0.15, -0.1) is 0 Å². The van der Waals surface area contributed by atoms with E-state index in [4.69, 9.17) is 11.6 Å². The van der Waals surface area contributed by atoms with E-state index in [1.165, 1.54) is 0 Å². The fraction of sp³-hybridized carbons (Fsp3) is 0.400. The van der Waals surface area contributed by atoms with Crippen LogP contribution in [0.1, 0.15) is 17.0 Å². The summed E-state index contributed by atoms with van der Waals surface area (Å²) in [6, 6.07) is 9.89. The molecular formula is C15H20ClN3O. The minimum Gasteiger partial charge on any atom is -0.394 e. The summed E-state index contributed by atoms with van der Waals surface area (Å²) in [6.45, 7) is 4.31. The van der Waals surface area contributed by atoms with Crippen molar-refractivity contribution in [3.8, 4) is 0 Å². The molecule has 0 amide bonds. The third kappa shape index (κ3) is 2.59. The van der Waals surface area contributed by atoms with Gasteiger partial charge in [-0.05, 0) is 26.5 Å². The number of nitrogens with zero attached hydrogens (tertiary/aromatic N) is 2. The number of halogens is 1. The maximum Gasteiger partial charge on any atom is 0.0865 e. The number of hydrogen-bond acceptors (Lipinski definition) is 3. The number of aliphatic hydroxyl groups excluding tert-OH is 1. The summed E-state index contributed by atoms with van der Waals surface area (Å²) in [4.78, 5) is 0. The SMILES string of the molecule is CNC(CO)(Cn1nc(C)c(Cl)c1C)c1ccccc1. The van der Waals surface area contributed by atoms with Gasteiger partial charge in [0.05, 0.1) is 35.1 Å². The maximum absolute atomic E-state index is 9.92. The van der Waals surface area contributed by atoms with Crippen molar-refractivity contribution >= 4 is 11.6 Å². The molecule has 0 aliphatic rings. The maximum atomic E-state index is 9.92. The molecule has 1 atom stereocenters. The highest BCUT2D eigenvalue weighted by molar-refractivity contribution is 6.31. The molecule has 20 heavy (non-hydrogen) atoms. The van der Waals surface area contributed by atoms with E-state index >= 15 is 0 Å². The topological polar surface area (TPSA) is 50.1 Å². The Morgan fingerprint density at radius 3 is 2.40 bits per heavy atom. The van der Waals surface area contributed by atoms with Gasteiger partial charge in [0.2, 0.25) is 0 Å². The van der Waals surface area contributed by atoms with Gasteiger partial charge >= 0.3 is 0 Å². The number of aromatic nitrogens is 2. The van der Waals surface area contributed by atoms with Crippen LogP contribution in [0.2, 0.25) is 5.02 Å². The molecular weight excluding hydrogens is 274 g/mol. The molecule has 0 aliphatic carbocycles. The molecule has 1 aromatic heterocycles. The molecule has 0 radical (unpaired) electrons. The van der Waals surface area contributed by atoms with E-state index in [9.17, 15) is 5.11 Å². The highest BCUT2D eigenvalue weighted by Crippen LogP contribution is 2.26. The Hall–Kier alpha value is -1.36. The van der Waals surface area contributed by atoms with Crippen LogP contribution >= 0.6 is 11.6 Å². The first kappa shape index (κ1) is 15.0. The van der Waals surface area contributed by atoms with Crippen molar-refractivity contribution in [1.29, 1.82) is 0 Å².